The average molecular weight is 300 g/mol. The van der Waals surface area contributed by atoms with Crippen LogP contribution >= 0.6 is 11.6 Å². The van der Waals surface area contributed by atoms with Gasteiger partial charge in [0.15, 0.2) is 5.15 Å². The SMILES string of the molecule is CC(C)(C)OC(=O)N1CC[C@H]1COc1ccc(Cl)nn1. The standard InChI is InChI=1S/C13H18ClN3O3/c1-13(2,3)20-12(18)17-7-6-9(17)8-19-11-5-4-10(14)15-16-11/h4-5,9H,6-8H2,1-3H3/t9-/m0/s1. The molecule has 0 spiro atoms. The van der Waals surface area contributed by atoms with Gasteiger partial charge in [-0.3, -0.25) is 0 Å². The van der Waals surface area contributed by atoms with Crippen LogP contribution in [0.25, 0.3) is 0 Å². The maximum absolute atomic E-state index is 11.9. The van der Waals surface area contributed by atoms with Gasteiger partial charge in [0, 0.05) is 12.6 Å². The highest BCUT2D eigenvalue weighted by Crippen LogP contribution is 2.22. The maximum Gasteiger partial charge on any atom is 0.410 e. The number of nitrogens with zero attached hydrogens (tertiary/aromatic N) is 3. The van der Waals surface area contributed by atoms with Gasteiger partial charge in [-0.25, -0.2) is 4.79 Å². The summed E-state index contributed by atoms with van der Waals surface area (Å²) in [6.45, 7) is 6.60. The number of ether oxygens (including phenoxy) is 2. The number of rotatable bonds is 3. The Morgan fingerprint density at radius 3 is 2.70 bits per heavy atom. The number of amides is 1. The molecular weight excluding hydrogens is 282 g/mol. The van der Waals surface area contributed by atoms with Gasteiger partial charge in [0.1, 0.15) is 12.2 Å². The van der Waals surface area contributed by atoms with Crippen molar-refractivity contribution in [2.75, 3.05) is 13.2 Å². The van der Waals surface area contributed by atoms with Crippen molar-refractivity contribution in [3.05, 3.63) is 17.3 Å². The fourth-order valence-corrected chi connectivity index (χ4v) is 1.84. The van der Waals surface area contributed by atoms with Crippen LogP contribution in [-0.4, -0.2) is 46.0 Å². The lowest BCUT2D eigenvalue weighted by molar-refractivity contribution is -0.0145. The van der Waals surface area contributed by atoms with Gasteiger partial charge in [0.2, 0.25) is 5.88 Å². The molecule has 1 aliphatic heterocycles. The molecule has 1 aromatic rings. The van der Waals surface area contributed by atoms with E-state index in [1.165, 1.54) is 0 Å². The molecule has 0 bridgehead atoms. The molecule has 0 unspecified atom stereocenters. The predicted molar refractivity (Wildman–Crippen MR) is 73.9 cm³/mol. The van der Waals surface area contributed by atoms with Crippen LogP contribution < -0.4 is 4.74 Å². The van der Waals surface area contributed by atoms with Crippen molar-refractivity contribution in [3.8, 4) is 5.88 Å². The molecule has 20 heavy (non-hydrogen) atoms. The fourth-order valence-electron chi connectivity index (χ4n) is 1.74. The maximum atomic E-state index is 11.9. The first-order chi connectivity index (χ1) is 9.35. The molecule has 0 aromatic carbocycles. The van der Waals surface area contributed by atoms with Gasteiger partial charge in [-0.05, 0) is 33.3 Å². The number of carbonyl (C=O) groups excluding carboxylic acids is 1. The van der Waals surface area contributed by atoms with Crippen molar-refractivity contribution in [1.29, 1.82) is 0 Å². The van der Waals surface area contributed by atoms with E-state index in [2.05, 4.69) is 10.2 Å². The highest BCUT2D eigenvalue weighted by atomic mass is 35.5. The summed E-state index contributed by atoms with van der Waals surface area (Å²) in [4.78, 5) is 13.6. The van der Waals surface area contributed by atoms with Crippen molar-refractivity contribution in [2.24, 2.45) is 0 Å². The van der Waals surface area contributed by atoms with E-state index in [1.807, 2.05) is 20.8 Å². The number of aromatic nitrogens is 2. The van der Waals surface area contributed by atoms with Crippen molar-refractivity contribution >= 4 is 17.7 Å². The number of carbonyl (C=O) groups is 1. The van der Waals surface area contributed by atoms with E-state index >= 15 is 0 Å². The number of likely N-dealkylation sites (tertiary alicyclic amines) is 1. The van der Waals surface area contributed by atoms with Crippen LogP contribution in [0.5, 0.6) is 5.88 Å². The third-order valence-corrected chi connectivity index (χ3v) is 3.00. The molecule has 0 saturated carbocycles. The van der Waals surface area contributed by atoms with Gasteiger partial charge in [-0.15, -0.1) is 10.2 Å². The molecule has 110 valence electrons. The molecule has 2 heterocycles. The monoisotopic (exact) mass is 299 g/mol. The molecule has 1 atom stereocenters. The van der Waals surface area contributed by atoms with Gasteiger partial charge in [0.25, 0.3) is 0 Å². The van der Waals surface area contributed by atoms with Gasteiger partial charge >= 0.3 is 6.09 Å². The molecule has 1 amide bonds. The molecule has 0 aliphatic carbocycles. The van der Waals surface area contributed by atoms with E-state index in [0.717, 1.165) is 6.42 Å². The zero-order chi connectivity index (χ0) is 14.8. The number of hydrogen-bond acceptors (Lipinski definition) is 5. The number of halogens is 1. The van der Waals surface area contributed by atoms with Crippen LogP contribution in [0.3, 0.4) is 0 Å². The largest absolute Gasteiger partial charge is 0.474 e. The van der Waals surface area contributed by atoms with Gasteiger partial charge in [-0.2, -0.15) is 0 Å². The van der Waals surface area contributed by atoms with Crippen molar-refractivity contribution in [2.45, 2.75) is 38.8 Å². The summed E-state index contributed by atoms with van der Waals surface area (Å²) in [6.07, 6.45) is 0.583. The smallest absolute Gasteiger partial charge is 0.410 e. The first-order valence-corrected chi connectivity index (χ1v) is 6.84. The fraction of sp³-hybridized carbons (Fsp3) is 0.615. The molecule has 2 rings (SSSR count). The Hall–Kier alpha value is -1.56. The molecule has 1 fully saturated rings. The zero-order valence-electron chi connectivity index (χ0n) is 11.8. The van der Waals surface area contributed by atoms with E-state index in [4.69, 9.17) is 21.1 Å². The second-order valence-electron chi connectivity index (χ2n) is 5.62. The molecule has 1 saturated heterocycles. The van der Waals surface area contributed by atoms with Crippen LogP contribution in [0.1, 0.15) is 27.2 Å². The molecule has 7 heteroatoms. The Morgan fingerprint density at radius 2 is 2.20 bits per heavy atom. The average Bonchev–Trinajstić information content (AvgIpc) is 2.27. The van der Waals surface area contributed by atoms with Crippen LogP contribution in [0.4, 0.5) is 4.79 Å². The third-order valence-electron chi connectivity index (χ3n) is 2.80. The second-order valence-corrected chi connectivity index (χ2v) is 6.01. The lowest BCUT2D eigenvalue weighted by Crippen LogP contribution is -2.55. The first kappa shape index (κ1) is 14.8. The highest BCUT2D eigenvalue weighted by molar-refractivity contribution is 6.29. The summed E-state index contributed by atoms with van der Waals surface area (Å²) in [5.74, 6) is 0.394. The van der Waals surface area contributed by atoms with Gasteiger partial charge < -0.3 is 14.4 Å². The van der Waals surface area contributed by atoms with Crippen molar-refractivity contribution in [1.82, 2.24) is 15.1 Å². The Balaban J connectivity index is 1.82. The third kappa shape index (κ3) is 3.96. The molecule has 1 aromatic heterocycles. The molecule has 6 nitrogen and oxygen atoms in total. The first-order valence-electron chi connectivity index (χ1n) is 6.47. The summed E-state index contributed by atoms with van der Waals surface area (Å²) in [5, 5.41) is 7.80. The topological polar surface area (TPSA) is 64.5 Å². The quantitative estimate of drug-likeness (QED) is 0.858. The van der Waals surface area contributed by atoms with E-state index in [1.54, 1.807) is 17.0 Å². The Morgan fingerprint density at radius 1 is 1.45 bits per heavy atom. The molecule has 0 radical (unpaired) electrons. The molecule has 0 N–H and O–H groups in total. The minimum atomic E-state index is -0.486. The van der Waals surface area contributed by atoms with Crippen LogP contribution in [0.2, 0.25) is 5.15 Å². The van der Waals surface area contributed by atoms with Gasteiger partial charge in [-0.1, -0.05) is 11.6 Å². The summed E-state index contributed by atoms with van der Waals surface area (Å²) < 4.78 is 10.8. The highest BCUT2D eigenvalue weighted by Gasteiger charge is 2.35. The summed E-state index contributed by atoms with van der Waals surface area (Å²) >= 11 is 5.64. The summed E-state index contributed by atoms with van der Waals surface area (Å²) in [7, 11) is 0. The van der Waals surface area contributed by atoms with Gasteiger partial charge in [0.05, 0.1) is 6.04 Å². The predicted octanol–water partition coefficient (Wildman–Crippen LogP) is 2.52. The summed E-state index contributed by atoms with van der Waals surface area (Å²) in [5.41, 5.74) is -0.486. The number of hydrogen-bond donors (Lipinski definition) is 0. The van der Waals surface area contributed by atoms with Crippen LogP contribution in [0, 0.1) is 0 Å². The Kier molecular flexibility index (Phi) is 4.32. The van der Waals surface area contributed by atoms with E-state index in [0.29, 0.717) is 24.2 Å². The van der Waals surface area contributed by atoms with Crippen LogP contribution in [0.15, 0.2) is 12.1 Å². The Bertz CT molecular complexity index is 473. The van der Waals surface area contributed by atoms with Crippen molar-refractivity contribution in [3.63, 3.8) is 0 Å². The molecule has 1 aliphatic rings. The van der Waals surface area contributed by atoms with E-state index in [-0.39, 0.29) is 12.1 Å². The molecular formula is C13H18ClN3O3. The minimum Gasteiger partial charge on any atom is -0.474 e. The normalized spacial score (nSPS) is 18.4. The Labute approximate surface area is 123 Å². The lowest BCUT2D eigenvalue weighted by Gasteiger charge is -2.40. The van der Waals surface area contributed by atoms with E-state index in [9.17, 15) is 4.79 Å². The lowest BCUT2D eigenvalue weighted by atomic mass is 10.1. The second kappa shape index (κ2) is 5.83. The minimum absolute atomic E-state index is 0.0160. The van der Waals surface area contributed by atoms with E-state index < -0.39 is 5.60 Å². The van der Waals surface area contributed by atoms with Crippen molar-refractivity contribution < 1.29 is 14.3 Å². The summed E-state index contributed by atoms with van der Waals surface area (Å²) in [6, 6.07) is 3.27. The van der Waals surface area contributed by atoms with Crippen LogP contribution in [-0.2, 0) is 4.74 Å². The zero-order valence-corrected chi connectivity index (χ0v) is 12.6.